The van der Waals surface area contributed by atoms with E-state index in [1.807, 2.05) is 33.3 Å². The summed E-state index contributed by atoms with van der Waals surface area (Å²) in [6.45, 7) is 14.0. The van der Waals surface area contributed by atoms with Crippen molar-refractivity contribution in [1.82, 2.24) is 20.1 Å². The quantitative estimate of drug-likeness (QED) is 0.699. The van der Waals surface area contributed by atoms with Crippen molar-refractivity contribution in [2.75, 3.05) is 26.7 Å². The van der Waals surface area contributed by atoms with Gasteiger partial charge in [0.25, 0.3) is 16.7 Å². The zero-order chi connectivity index (χ0) is 23.7. The highest BCUT2D eigenvalue weighted by Gasteiger charge is 2.30. The van der Waals surface area contributed by atoms with E-state index in [9.17, 15) is 14.5 Å². The molecule has 1 aliphatic rings. The van der Waals surface area contributed by atoms with Gasteiger partial charge in [-0.1, -0.05) is 34.3 Å². The number of allylic oxidation sites excluding steroid dienone is 1. The van der Waals surface area contributed by atoms with Crippen LogP contribution in [0, 0.1) is 4.91 Å². The maximum Gasteiger partial charge on any atom is 0.318 e. The van der Waals surface area contributed by atoms with E-state index in [0.717, 1.165) is 5.01 Å². The second-order valence-corrected chi connectivity index (χ2v) is 6.16. The summed E-state index contributed by atoms with van der Waals surface area (Å²) in [6.07, 6.45) is 1.64. The fourth-order valence-corrected chi connectivity index (χ4v) is 3.04. The number of hydrogen-bond donors (Lipinski definition) is 2. The van der Waals surface area contributed by atoms with Gasteiger partial charge in [-0.05, 0) is 13.0 Å². The van der Waals surface area contributed by atoms with Crippen molar-refractivity contribution in [3.63, 3.8) is 0 Å². The Morgan fingerprint density at radius 3 is 2.39 bits per heavy atom. The number of carbonyl (C=O) groups excluding carboxylic acids is 2. The van der Waals surface area contributed by atoms with Crippen LogP contribution >= 0.6 is 0 Å². The second kappa shape index (κ2) is 11.8. The fourth-order valence-electron chi connectivity index (χ4n) is 3.04. The number of rotatable bonds is 5. The van der Waals surface area contributed by atoms with Crippen molar-refractivity contribution < 1.29 is 24.6 Å². The Morgan fingerprint density at radius 2 is 1.87 bits per heavy atom. The van der Waals surface area contributed by atoms with Crippen molar-refractivity contribution in [1.29, 1.82) is 0 Å². The van der Waals surface area contributed by atoms with Crippen LogP contribution in [0.3, 0.4) is 0 Å². The number of hydrogen-bond acceptors (Lipinski definition) is 6. The van der Waals surface area contributed by atoms with E-state index in [1.54, 1.807) is 35.9 Å². The average molecular weight is 435 g/mol. The van der Waals surface area contributed by atoms with E-state index in [2.05, 4.69) is 11.4 Å². The number of fused-ring (bicyclic) bond motifs is 1. The molecule has 0 unspecified atom stereocenters. The maximum atomic E-state index is 13.0. The molecule has 170 valence electrons. The van der Waals surface area contributed by atoms with Crippen LogP contribution in [0.4, 0.5) is 5.69 Å². The SMILES string of the molecule is C=C(C)n1cc(C(=O)N2CCN(NO)C(=O)C2)c2ccc([N+](=O)OC)cc21.CC.CC. The van der Waals surface area contributed by atoms with Gasteiger partial charge in [-0.25, -0.2) is 4.84 Å². The van der Waals surface area contributed by atoms with Crippen LogP contribution in [0.25, 0.3) is 16.6 Å². The van der Waals surface area contributed by atoms with E-state index < -0.39 is 5.91 Å². The molecule has 2 aromatic rings. The number of nitrogens with one attached hydrogen (secondary N) is 1. The predicted octanol–water partition coefficient (Wildman–Crippen LogP) is 3.33. The third-order valence-corrected chi connectivity index (χ3v) is 4.44. The van der Waals surface area contributed by atoms with Crippen LogP contribution in [0.1, 0.15) is 45.0 Å². The highest BCUT2D eigenvalue weighted by molar-refractivity contribution is 6.09. The highest BCUT2D eigenvalue weighted by Crippen LogP contribution is 2.29. The minimum Gasteiger partial charge on any atom is -0.327 e. The van der Waals surface area contributed by atoms with Gasteiger partial charge in [-0.3, -0.25) is 19.8 Å². The largest absolute Gasteiger partial charge is 0.327 e. The predicted molar refractivity (Wildman–Crippen MR) is 118 cm³/mol. The summed E-state index contributed by atoms with van der Waals surface area (Å²) in [6, 6.07) is 4.82. The molecule has 0 bridgehead atoms. The molecule has 31 heavy (non-hydrogen) atoms. The standard InChI is InChI=1S/C17H20N5O5.2C2H6/c1-11(2)20-9-14(13-5-4-12(8-15(13)20)22(26)27-3)17(24)19-6-7-21(18-25)16(23)10-19;2*1-2/h4-5,8-9,18,25H,1,6-7,10H2,2-3H3;2*1-2H3/q+1;;. The lowest BCUT2D eigenvalue weighted by Gasteiger charge is -2.32. The van der Waals surface area contributed by atoms with Crippen molar-refractivity contribution in [2.24, 2.45) is 0 Å². The number of hydrazine groups is 1. The van der Waals surface area contributed by atoms with E-state index in [-0.39, 0.29) is 31.2 Å². The molecule has 0 saturated carbocycles. The molecular weight excluding hydrogens is 402 g/mol. The van der Waals surface area contributed by atoms with Crippen LogP contribution < -0.4 is 5.59 Å². The van der Waals surface area contributed by atoms with Gasteiger partial charge >= 0.3 is 5.69 Å². The summed E-state index contributed by atoms with van der Waals surface area (Å²) >= 11 is 0. The molecule has 0 atom stereocenters. The topological polar surface area (TPSA) is 107 Å². The average Bonchev–Trinajstić information content (AvgIpc) is 3.19. The van der Waals surface area contributed by atoms with Crippen molar-refractivity contribution in [3.8, 4) is 0 Å². The van der Waals surface area contributed by atoms with Crippen molar-refractivity contribution in [3.05, 3.63) is 41.4 Å². The van der Waals surface area contributed by atoms with Gasteiger partial charge in [0.1, 0.15) is 6.54 Å². The molecule has 10 nitrogen and oxygen atoms in total. The molecule has 0 spiro atoms. The number of benzene rings is 1. The Labute approximate surface area is 182 Å². The number of carbonyl (C=O) groups is 2. The Bertz CT molecular complexity index is 953. The summed E-state index contributed by atoms with van der Waals surface area (Å²) in [5.74, 6) is -0.727. The number of aromatic nitrogens is 1. The zero-order valence-corrected chi connectivity index (χ0v) is 19.0. The summed E-state index contributed by atoms with van der Waals surface area (Å²) < 4.78 is 1.71. The molecule has 10 heteroatoms. The summed E-state index contributed by atoms with van der Waals surface area (Å²) in [4.78, 5) is 43.1. The van der Waals surface area contributed by atoms with E-state index in [4.69, 9.17) is 5.21 Å². The van der Waals surface area contributed by atoms with Crippen LogP contribution in [0.15, 0.2) is 31.0 Å². The molecular formula is C21H32N5O5+. The second-order valence-electron chi connectivity index (χ2n) is 6.16. The molecule has 2 N–H and O–H groups in total. The van der Waals surface area contributed by atoms with E-state index >= 15 is 0 Å². The minimum absolute atomic E-state index is 0.151. The monoisotopic (exact) mass is 434 g/mol. The lowest BCUT2D eigenvalue weighted by atomic mass is 10.1. The van der Waals surface area contributed by atoms with Crippen molar-refractivity contribution in [2.45, 2.75) is 34.6 Å². The van der Waals surface area contributed by atoms with Crippen LogP contribution in [0.2, 0.25) is 0 Å². The van der Waals surface area contributed by atoms with E-state index in [0.29, 0.717) is 27.1 Å². The van der Waals surface area contributed by atoms with Gasteiger partial charge in [0.05, 0.1) is 22.5 Å². The third-order valence-electron chi connectivity index (χ3n) is 4.44. The normalized spacial score (nSPS) is 13.1. The molecule has 2 amide bonds. The Hall–Kier alpha value is -3.24. The molecule has 1 aliphatic heterocycles. The van der Waals surface area contributed by atoms with Crippen molar-refractivity contribution >= 4 is 34.1 Å². The van der Waals surface area contributed by atoms with Gasteiger partial charge in [0.15, 0.2) is 7.11 Å². The highest BCUT2D eigenvalue weighted by atomic mass is 16.8. The summed E-state index contributed by atoms with van der Waals surface area (Å²) in [5, 5.41) is 10.6. The first-order chi connectivity index (χ1) is 14.9. The number of nitrogens with zero attached hydrogens (tertiary/aromatic N) is 4. The zero-order valence-electron chi connectivity index (χ0n) is 19.0. The molecule has 0 aliphatic carbocycles. The molecule has 3 rings (SSSR count). The number of piperazine rings is 1. The van der Waals surface area contributed by atoms with E-state index in [1.165, 1.54) is 12.0 Å². The van der Waals surface area contributed by atoms with Gasteiger partial charge in [-0.2, -0.15) is 0 Å². The Morgan fingerprint density at radius 1 is 1.23 bits per heavy atom. The van der Waals surface area contributed by atoms with Crippen LogP contribution in [0.5, 0.6) is 0 Å². The molecule has 1 fully saturated rings. The Balaban J connectivity index is 0.00000113. The molecule has 1 aromatic carbocycles. The summed E-state index contributed by atoms with van der Waals surface area (Å²) in [5.41, 5.74) is 3.78. The smallest absolute Gasteiger partial charge is 0.318 e. The molecule has 1 saturated heterocycles. The Kier molecular flexibility index (Phi) is 9.84. The van der Waals surface area contributed by atoms with Crippen LogP contribution in [-0.4, -0.2) is 63.2 Å². The molecule has 0 radical (unpaired) electrons. The van der Waals surface area contributed by atoms with Gasteiger partial charge in [-0.15, -0.1) is 5.59 Å². The lowest BCUT2D eigenvalue weighted by Crippen LogP contribution is -2.56. The van der Waals surface area contributed by atoms with Crippen LogP contribution in [-0.2, 0) is 9.63 Å². The third kappa shape index (κ3) is 5.47. The van der Waals surface area contributed by atoms with Gasteiger partial charge < -0.3 is 9.47 Å². The molecule has 1 aromatic heterocycles. The number of amides is 2. The van der Waals surface area contributed by atoms with Gasteiger partial charge in [0, 0.05) is 36.0 Å². The first kappa shape index (κ1) is 25.8. The lowest BCUT2D eigenvalue weighted by molar-refractivity contribution is -0.736. The first-order valence-corrected chi connectivity index (χ1v) is 10.2. The molecule has 2 heterocycles. The van der Waals surface area contributed by atoms with Gasteiger partial charge in [0.2, 0.25) is 0 Å². The summed E-state index contributed by atoms with van der Waals surface area (Å²) in [7, 11) is 1.27. The fraction of sp³-hybridized carbons (Fsp3) is 0.429. The maximum absolute atomic E-state index is 13.0. The first-order valence-electron chi connectivity index (χ1n) is 10.2. The minimum atomic E-state index is -0.412.